The molecule has 1 aliphatic rings. The van der Waals surface area contributed by atoms with Crippen LogP contribution in [-0.2, 0) is 4.74 Å². The van der Waals surface area contributed by atoms with E-state index in [0.717, 1.165) is 26.2 Å². The molecular formula is C9H19N3O. The molecule has 0 spiro atoms. The summed E-state index contributed by atoms with van der Waals surface area (Å²) in [7, 11) is 3.77. The maximum absolute atomic E-state index is 7.78. The molecule has 0 amide bonds. The predicted molar refractivity (Wildman–Crippen MR) is 53.3 cm³/mol. The summed E-state index contributed by atoms with van der Waals surface area (Å²) in [5, 5.41) is 7.78. The van der Waals surface area contributed by atoms with E-state index in [0.29, 0.717) is 5.84 Å². The molecule has 1 saturated heterocycles. The molecular weight excluding hydrogens is 166 g/mol. The molecule has 76 valence electrons. The quantitative estimate of drug-likeness (QED) is 0.495. The molecule has 1 heterocycles. The highest BCUT2D eigenvalue weighted by atomic mass is 16.5. The van der Waals surface area contributed by atoms with Gasteiger partial charge in [0, 0.05) is 27.2 Å². The van der Waals surface area contributed by atoms with E-state index in [1.54, 1.807) is 0 Å². The Labute approximate surface area is 80.0 Å². The average molecular weight is 185 g/mol. The van der Waals surface area contributed by atoms with Crippen LogP contribution in [-0.4, -0.2) is 62.1 Å². The van der Waals surface area contributed by atoms with Gasteiger partial charge in [-0.2, -0.15) is 0 Å². The largest absolute Gasteiger partial charge is 0.368 e. The van der Waals surface area contributed by atoms with E-state index in [-0.39, 0.29) is 6.10 Å². The Bertz CT molecular complexity index is 182. The van der Waals surface area contributed by atoms with Crippen molar-refractivity contribution in [3.8, 4) is 0 Å². The highest BCUT2D eigenvalue weighted by Gasteiger charge is 2.23. The van der Waals surface area contributed by atoms with E-state index in [4.69, 9.17) is 10.1 Å². The second-order valence-electron chi connectivity index (χ2n) is 3.53. The van der Waals surface area contributed by atoms with E-state index in [2.05, 4.69) is 11.8 Å². The zero-order chi connectivity index (χ0) is 9.84. The minimum Gasteiger partial charge on any atom is -0.368 e. The van der Waals surface area contributed by atoms with E-state index in [9.17, 15) is 0 Å². The van der Waals surface area contributed by atoms with Gasteiger partial charge in [-0.15, -0.1) is 0 Å². The smallest absolute Gasteiger partial charge is 0.127 e. The first-order valence-electron chi connectivity index (χ1n) is 4.75. The number of likely N-dealkylation sites (N-methyl/N-ethyl adjacent to an activating group) is 2. The summed E-state index contributed by atoms with van der Waals surface area (Å²) in [5.74, 6) is 0.568. The standard InChI is InChI=1S/C9H19N3O/c1-4-12-5-6-13-8(7-12)9(10)11(2)3/h8,10H,4-7H2,1-3H3. The monoisotopic (exact) mass is 185 g/mol. The molecule has 13 heavy (non-hydrogen) atoms. The van der Waals surface area contributed by atoms with Crippen LogP contribution in [0.4, 0.5) is 0 Å². The number of morpholine rings is 1. The molecule has 1 N–H and O–H groups in total. The van der Waals surface area contributed by atoms with Crippen LogP contribution >= 0.6 is 0 Å². The van der Waals surface area contributed by atoms with Crippen molar-refractivity contribution in [2.24, 2.45) is 0 Å². The Morgan fingerprint density at radius 1 is 1.62 bits per heavy atom. The van der Waals surface area contributed by atoms with Gasteiger partial charge in [0.25, 0.3) is 0 Å². The second kappa shape index (κ2) is 4.58. The first kappa shape index (κ1) is 10.5. The molecule has 1 aliphatic heterocycles. The Morgan fingerprint density at radius 3 is 2.85 bits per heavy atom. The van der Waals surface area contributed by atoms with E-state index >= 15 is 0 Å². The molecule has 1 unspecified atom stereocenters. The van der Waals surface area contributed by atoms with Crippen molar-refractivity contribution in [3.63, 3.8) is 0 Å². The number of nitrogens with zero attached hydrogens (tertiary/aromatic N) is 2. The van der Waals surface area contributed by atoms with E-state index in [1.165, 1.54) is 0 Å². The number of rotatable bonds is 2. The van der Waals surface area contributed by atoms with Crippen molar-refractivity contribution in [3.05, 3.63) is 0 Å². The van der Waals surface area contributed by atoms with Gasteiger partial charge in [-0.25, -0.2) is 0 Å². The van der Waals surface area contributed by atoms with Crippen molar-refractivity contribution in [1.82, 2.24) is 9.80 Å². The van der Waals surface area contributed by atoms with Crippen LogP contribution in [0.3, 0.4) is 0 Å². The highest BCUT2D eigenvalue weighted by Crippen LogP contribution is 2.06. The van der Waals surface area contributed by atoms with Crippen molar-refractivity contribution >= 4 is 5.84 Å². The number of nitrogens with one attached hydrogen (secondary N) is 1. The lowest BCUT2D eigenvalue weighted by Crippen LogP contribution is -2.49. The van der Waals surface area contributed by atoms with Crippen LogP contribution < -0.4 is 0 Å². The van der Waals surface area contributed by atoms with Crippen molar-refractivity contribution in [2.75, 3.05) is 40.3 Å². The molecule has 0 bridgehead atoms. The molecule has 0 aromatic carbocycles. The van der Waals surface area contributed by atoms with Crippen LogP contribution in [0.2, 0.25) is 0 Å². The molecule has 1 fully saturated rings. The zero-order valence-corrected chi connectivity index (χ0v) is 8.71. The topological polar surface area (TPSA) is 39.6 Å². The van der Waals surface area contributed by atoms with Gasteiger partial charge in [0.05, 0.1) is 6.61 Å². The summed E-state index contributed by atoms with van der Waals surface area (Å²) in [4.78, 5) is 4.12. The van der Waals surface area contributed by atoms with Gasteiger partial charge >= 0.3 is 0 Å². The van der Waals surface area contributed by atoms with Crippen LogP contribution in [0.15, 0.2) is 0 Å². The first-order chi connectivity index (χ1) is 6.15. The molecule has 0 aromatic heterocycles. The van der Waals surface area contributed by atoms with Gasteiger partial charge in [0.1, 0.15) is 11.9 Å². The number of hydrogen-bond donors (Lipinski definition) is 1. The average Bonchev–Trinajstić information content (AvgIpc) is 2.16. The lowest BCUT2D eigenvalue weighted by molar-refractivity contribution is 0.00395. The Morgan fingerprint density at radius 2 is 2.31 bits per heavy atom. The molecule has 1 atom stereocenters. The molecule has 0 radical (unpaired) electrons. The first-order valence-corrected chi connectivity index (χ1v) is 4.75. The van der Waals surface area contributed by atoms with E-state index < -0.39 is 0 Å². The fourth-order valence-electron chi connectivity index (χ4n) is 1.44. The molecule has 4 nitrogen and oxygen atoms in total. The van der Waals surface area contributed by atoms with Crippen molar-refractivity contribution < 1.29 is 4.74 Å². The van der Waals surface area contributed by atoms with Gasteiger partial charge in [-0.05, 0) is 6.54 Å². The number of hydrogen-bond acceptors (Lipinski definition) is 3. The number of amidine groups is 1. The molecule has 0 saturated carbocycles. The summed E-state index contributed by atoms with van der Waals surface area (Å²) < 4.78 is 5.53. The third-order valence-corrected chi connectivity index (χ3v) is 2.38. The maximum atomic E-state index is 7.78. The van der Waals surface area contributed by atoms with Crippen LogP contribution in [0, 0.1) is 5.41 Å². The fraction of sp³-hybridized carbons (Fsp3) is 0.889. The summed E-state index contributed by atoms with van der Waals surface area (Å²) in [6.07, 6.45) is -0.0382. The van der Waals surface area contributed by atoms with Crippen molar-refractivity contribution in [2.45, 2.75) is 13.0 Å². The fourth-order valence-corrected chi connectivity index (χ4v) is 1.44. The summed E-state index contributed by atoms with van der Waals surface area (Å²) in [6, 6.07) is 0. The summed E-state index contributed by atoms with van der Waals surface area (Å²) in [5.41, 5.74) is 0. The van der Waals surface area contributed by atoms with Crippen LogP contribution in [0.5, 0.6) is 0 Å². The normalized spacial score (nSPS) is 24.4. The number of ether oxygens (including phenoxy) is 1. The van der Waals surface area contributed by atoms with E-state index in [1.807, 2.05) is 19.0 Å². The minimum absolute atomic E-state index is 0.0382. The molecule has 0 aliphatic carbocycles. The summed E-state index contributed by atoms with van der Waals surface area (Å²) in [6.45, 7) is 5.78. The minimum atomic E-state index is -0.0382. The van der Waals surface area contributed by atoms with Gasteiger partial charge in [-0.1, -0.05) is 6.92 Å². The Balaban J connectivity index is 2.46. The van der Waals surface area contributed by atoms with Crippen LogP contribution in [0.1, 0.15) is 6.92 Å². The second-order valence-corrected chi connectivity index (χ2v) is 3.53. The zero-order valence-electron chi connectivity index (χ0n) is 8.71. The van der Waals surface area contributed by atoms with Crippen molar-refractivity contribution in [1.29, 1.82) is 5.41 Å². The van der Waals surface area contributed by atoms with Gasteiger partial charge in [0.2, 0.25) is 0 Å². The summed E-state index contributed by atoms with van der Waals surface area (Å²) >= 11 is 0. The molecule has 4 heteroatoms. The maximum Gasteiger partial charge on any atom is 0.127 e. The lowest BCUT2D eigenvalue weighted by Gasteiger charge is -2.33. The SMILES string of the molecule is CCN1CCOC(C(=N)N(C)C)C1. The highest BCUT2D eigenvalue weighted by molar-refractivity contribution is 5.83. The lowest BCUT2D eigenvalue weighted by atomic mass is 10.2. The molecule has 0 aromatic rings. The van der Waals surface area contributed by atoms with Gasteiger partial charge in [0.15, 0.2) is 0 Å². The third kappa shape index (κ3) is 2.67. The Kier molecular flexibility index (Phi) is 3.69. The predicted octanol–water partition coefficient (Wildman–Crippen LogP) is 0.246. The third-order valence-electron chi connectivity index (χ3n) is 2.38. The Hall–Kier alpha value is -0.610. The van der Waals surface area contributed by atoms with Gasteiger partial charge in [-0.3, -0.25) is 10.3 Å². The molecule has 1 rings (SSSR count). The van der Waals surface area contributed by atoms with Crippen LogP contribution in [0.25, 0.3) is 0 Å². The van der Waals surface area contributed by atoms with Gasteiger partial charge < -0.3 is 9.64 Å².